The minimum Gasteiger partial charge on any atom is -0.359 e. The average molecular weight is 206 g/mol. The molecule has 2 rings (SSSR count). The van der Waals surface area contributed by atoms with Crippen LogP contribution in [0.5, 0.6) is 0 Å². The Hall–Kier alpha value is -1.19. The first-order chi connectivity index (χ1) is 7.35. The van der Waals surface area contributed by atoms with Gasteiger partial charge in [0.05, 0.1) is 6.10 Å². The number of hydrogen-bond acceptors (Lipinski definition) is 3. The van der Waals surface area contributed by atoms with E-state index in [4.69, 9.17) is 9.47 Å². The number of hydrogen-bond donors (Lipinski definition) is 0. The first-order valence-electron chi connectivity index (χ1n) is 5.03. The summed E-state index contributed by atoms with van der Waals surface area (Å²) in [4.78, 5) is 10.6. The smallest absolute Gasteiger partial charge is 0.150 e. The number of rotatable bonds is 4. The van der Waals surface area contributed by atoms with Gasteiger partial charge in [0, 0.05) is 12.7 Å². The Kier molecular flexibility index (Phi) is 3.14. The van der Waals surface area contributed by atoms with Crippen LogP contribution in [0.3, 0.4) is 0 Å². The Balaban J connectivity index is 2.16. The topological polar surface area (TPSA) is 35.5 Å². The highest BCUT2D eigenvalue weighted by atomic mass is 16.7. The van der Waals surface area contributed by atoms with E-state index in [-0.39, 0.29) is 6.10 Å². The molecular formula is C12H14O3. The van der Waals surface area contributed by atoms with Gasteiger partial charge in [-0.25, -0.2) is 0 Å². The summed E-state index contributed by atoms with van der Waals surface area (Å²) in [5.41, 5.74) is 3.15. The predicted molar refractivity (Wildman–Crippen MR) is 55.9 cm³/mol. The van der Waals surface area contributed by atoms with Crippen LogP contribution in [0.25, 0.3) is 0 Å². The Morgan fingerprint density at radius 3 is 3.13 bits per heavy atom. The van der Waals surface area contributed by atoms with Crippen LogP contribution in [0.2, 0.25) is 0 Å². The van der Waals surface area contributed by atoms with Gasteiger partial charge in [-0.05, 0) is 30.0 Å². The van der Waals surface area contributed by atoms with Gasteiger partial charge in [-0.3, -0.25) is 4.79 Å². The van der Waals surface area contributed by atoms with E-state index in [0.717, 1.165) is 24.7 Å². The van der Waals surface area contributed by atoms with Crippen molar-refractivity contribution in [3.8, 4) is 0 Å². The van der Waals surface area contributed by atoms with Crippen LogP contribution in [0.15, 0.2) is 18.2 Å². The summed E-state index contributed by atoms with van der Waals surface area (Å²) in [6, 6.07) is 5.76. The van der Waals surface area contributed by atoms with E-state index in [9.17, 15) is 4.79 Å². The highest BCUT2D eigenvalue weighted by Gasteiger charge is 2.22. The molecule has 0 heterocycles. The number of aldehydes is 1. The van der Waals surface area contributed by atoms with Crippen LogP contribution < -0.4 is 0 Å². The van der Waals surface area contributed by atoms with Crippen LogP contribution in [0.1, 0.15) is 34.0 Å². The van der Waals surface area contributed by atoms with Gasteiger partial charge in [-0.2, -0.15) is 0 Å². The Morgan fingerprint density at radius 2 is 2.40 bits per heavy atom. The molecule has 0 N–H and O–H groups in total. The SMILES string of the molecule is COCOC1CCc2cc(C=O)ccc21. The van der Waals surface area contributed by atoms with Gasteiger partial charge in [0.2, 0.25) is 0 Å². The summed E-state index contributed by atoms with van der Waals surface area (Å²) in [5.74, 6) is 0. The quantitative estimate of drug-likeness (QED) is 0.559. The molecule has 15 heavy (non-hydrogen) atoms. The van der Waals surface area contributed by atoms with Crippen LogP contribution in [0.4, 0.5) is 0 Å². The highest BCUT2D eigenvalue weighted by Crippen LogP contribution is 2.34. The third-order valence-electron chi connectivity index (χ3n) is 2.71. The molecule has 0 saturated heterocycles. The molecule has 1 aliphatic carbocycles. The molecule has 1 unspecified atom stereocenters. The molecule has 0 radical (unpaired) electrons. The Morgan fingerprint density at radius 1 is 1.53 bits per heavy atom. The largest absolute Gasteiger partial charge is 0.359 e. The lowest BCUT2D eigenvalue weighted by Gasteiger charge is -2.12. The maximum absolute atomic E-state index is 10.6. The molecule has 1 aromatic rings. The van der Waals surface area contributed by atoms with E-state index in [2.05, 4.69) is 0 Å². The molecule has 3 nitrogen and oxygen atoms in total. The van der Waals surface area contributed by atoms with Crippen molar-refractivity contribution in [3.63, 3.8) is 0 Å². The standard InChI is InChI=1S/C12H14O3/c1-14-8-15-12-5-3-10-6-9(7-13)2-4-11(10)12/h2,4,6-7,12H,3,5,8H2,1H3. The molecule has 0 aromatic heterocycles. The van der Waals surface area contributed by atoms with Gasteiger partial charge < -0.3 is 9.47 Å². The van der Waals surface area contributed by atoms with E-state index < -0.39 is 0 Å². The molecule has 0 bridgehead atoms. The van der Waals surface area contributed by atoms with Gasteiger partial charge in [0.15, 0.2) is 0 Å². The second-order valence-corrected chi connectivity index (χ2v) is 3.68. The predicted octanol–water partition coefficient (Wildman–Crippen LogP) is 2.11. The summed E-state index contributed by atoms with van der Waals surface area (Å²) >= 11 is 0. The second-order valence-electron chi connectivity index (χ2n) is 3.68. The molecule has 1 aliphatic rings. The van der Waals surface area contributed by atoms with Crippen molar-refractivity contribution in [1.29, 1.82) is 0 Å². The van der Waals surface area contributed by atoms with Crippen molar-refractivity contribution < 1.29 is 14.3 Å². The summed E-state index contributed by atoms with van der Waals surface area (Å²) < 4.78 is 10.4. The molecule has 0 saturated carbocycles. The molecule has 3 heteroatoms. The van der Waals surface area contributed by atoms with Crippen LogP contribution in [-0.4, -0.2) is 20.2 Å². The molecule has 0 aliphatic heterocycles. The van der Waals surface area contributed by atoms with Gasteiger partial charge >= 0.3 is 0 Å². The zero-order valence-corrected chi connectivity index (χ0v) is 8.73. The number of methoxy groups -OCH3 is 1. The van der Waals surface area contributed by atoms with E-state index in [0.29, 0.717) is 6.79 Å². The minimum absolute atomic E-state index is 0.126. The molecule has 0 amide bonds. The van der Waals surface area contributed by atoms with Crippen LogP contribution in [0, 0.1) is 0 Å². The summed E-state index contributed by atoms with van der Waals surface area (Å²) in [5, 5.41) is 0. The third kappa shape index (κ3) is 2.08. The van der Waals surface area contributed by atoms with Crippen molar-refractivity contribution in [2.45, 2.75) is 18.9 Å². The number of aryl methyl sites for hydroxylation is 1. The monoisotopic (exact) mass is 206 g/mol. The molecule has 0 fully saturated rings. The fourth-order valence-corrected chi connectivity index (χ4v) is 1.99. The third-order valence-corrected chi connectivity index (χ3v) is 2.71. The number of fused-ring (bicyclic) bond motifs is 1. The first kappa shape index (κ1) is 10.3. The zero-order valence-electron chi connectivity index (χ0n) is 8.73. The Labute approximate surface area is 89.0 Å². The molecule has 1 atom stereocenters. The molecule has 80 valence electrons. The van der Waals surface area contributed by atoms with E-state index in [1.165, 1.54) is 11.1 Å². The number of carbonyl (C=O) groups excluding carboxylic acids is 1. The van der Waals surface area contributed by atoms with Crippen molar-refractivity contribution in [2.24, 2.45) is 0 Å². The summed E-state index contributed by atoms with van der Waals surface area (Å²) in [6.07, 6.45) is 2.95. The number of carbonyl (C=O) groups is 1. The van der Waals surface area contributed by atoms with E-state index >= 15 is 0 Å². The maximum Gasteiger partial charge on any atom is 0.150 e. The Bertz CT molecular complexity index is 360. The van der Waals surface area contributed by atoms with E-state index in [1.54, 1.807) is 7.11 Å². The lowest BCUT2D eigenvalue weighted by atomic mass is 10.1. The normalized spacial score (nSPS) is 18.9. The van der Waals surface area contributed by atoms with Gasteiger partial charge in [-0.15, -0.1) is 0 Å². The number of ether oxygens (including phenoxy) is 2. The second kappa shape index (κ2) is 4.55. The van der Waals surface area contributed by atoms with Gasteiger partial charge in [0.1, 0.15) is 13.1 Å². The zero-order chi connectivity index (χ0) is 10.7. The highest BCUT2D eigenvalue weighted by molar-refractivity contribution is 5.75. The lowest BCUT2D eigenvalue weighted by Crippen LogP contribution is -2.03. The number of benzene rings is 1. The van der Waals surface area contributed by atoms with Crippen molar-refractivity contribution in [3.05, 3.63) is 34.9 Å². The van der Waals surface area contributed by atoms with Gasteiger partial charge in [-0.1, -0.05) is 12.1 Å². The van der Waals surface area contributed by atoms with Crippen molar-refractivity contribution in [2.75, 3.05) is 13.9 Å². The van der Waals surface area contributed by atoms with E-state index in [1.807, 2.05) is 18.2 Å². The lowest BCUT2D eigenvalue weighted by molar-refractivity contribution is -0.0723. The average Bonchev–Trinajstić information content (AvgIpc) is 2.68. The maximum atomic E-state index is 10.6. The summed E-state index contributed by atoms with van der Waals surface area (Å²) in [6.45, 7) is 0.319. The molecular weight excluding hydrogens is 192 g/mol. The van der Waals surface area contributed by atoms with Crippen LogP contribution in [-0.2, 0) is 15.9 Å². The van der Waals surface area contributed by atoms with Crippen molar-refractivity contribution >= 4 is 6.29 Å². The summed E-state index contributed by atoms with van der Waals surface area (Å²) in [7, 11) is 1.62. The fourth-order valence-electron chi connectivity index (χ4n) is 1.99. The first-order valence-corrected chi connectivity index (χ1v) is 5.03. The fraction of sp³-hybridized carbons (Fsp3) is 0.417. The molecule has 1 aromatic carbocycles. The van der Waals surface area contributed by atoms with Crippen LogP contribution >= 0.6 is 0 Å². The van der Waals surface area contributed by atoms with Crippen molar-refractivity contribution in [1.82, 2.24) is 0 Å². The molecule has 0 spiro atoms. The minimum atomic E-state index is 0.126. The van der Waals surface area contributed by atoms with Gasteiger partial charge in [0.25, 0.3) is 0 Å².